The first-order valence-corrected chi connectivity index (χ1v) is 13.3. The van der Waals surface area contributed by atoms with Gasteiger partial charge in [0.2, 0.25) is 10.0 Å². The van der Waals surface area contributed by atoms with E-state index in [1.54, 1.807) is 29.5 Å². The van der Waals surface area contributed by atoms with Crippen LogP contribution < -0.4 is 9.62 Å². The summed E-state index contributed by atoms with van der Waals surface area (Å²) in [4.78, 5) is 41.2. The highest BCUT2D eigenvalue weighted by Crippen LogP contribution is 2.42. The van der Waals surface area contributed by atoms with Crippen molar-refractivity contribution in [3.63, 3.8) is 0 Å². The Balaban J connectivity index is 1.40. The summed E-state index contributed by atoms with van der Waals surface area (Å²) in [6.07, 6.45) is 4.69. The van der Waals surface area contributed by atoms with Gasteiger partial charge in [-0.15, -0.1) is 11.3 Å². The van der Waals surface area contributed by atoms with Gasteiger partial charge in [-0.25, -0.2) is 13.2 Å². The van der Waals surface area contributed by atoms with Gasteiger partial charge in [-0.1, -0.05) is 0 Å². The van der Waals surface area contributed by atoms with Crippen LogP contribution in [0.2, 0.25) is 0 Å². The van der Waals surface area contributed by atoms with Crippen LogP contribution in [0.4, 0.5) is 10.5 Å². The van der Waals surface area contributed by atoms with Gasteiger partial charge in [0, 0.05) is 22.5 Å². The first-order chi connectivity index (χ1) is 15.2. The van der Waals surface area contributed by atoms with Gasteiger partial charge >= 0.3 is 6.03 Å². The van der Waals surface area contributed by atoms with Gasteiger partial charge in [0.15, 0.2) is 5.78 Å². The Labute approximate surface area is 190 Å². The van der Waals surface area contributed by atoms with Gasteiger partial charge in [0.25, 0.3) is 5.91 Å². The number of aryl methyl sites for hydroxylation is 2. The summed E-state index contributed by atoms with van der Waals surface area (Å²) in [5, 5.41) is 4.79. The number of carbonyl (C=O) groups excluding carboxylic acids is 3. The lowest BCUT2D eigenvalue weighted by Gasteiger charge is -2.31. The normalized spacial score (nSPS) is 22.7. The molecule has 0 unspecified atom stereocenters. The zero-order valence-electron chi connectivity index (χ0n) is 17.6. The highest BCUT2D eigenvalue weighted by molar-refractivity contribution is 7.92. The Kier molecular flexibility index (Phi) is 4.90. The molecule has 1 fully saturated rings. The maximum absolute atomic E-state index is 13.3. The number of Topliss-reactive ketones (excluding diaryl/α,β-unsaturated/α-hetero) is 1. The van der Waals surface area contributed by atoms with Crippen LogP contribution in [0.5, 0.6) is 0 Å². The van der Waals surface area contributed by atoms with Crippen LogP contribution in [0.25, 0.3) is 0 Å². The van der Waals surface area contributed by atoms with Gasteiger partial charge in [-0.3, -0.25) is 18.8 Å². The van der Waals surface area contributed by atoms with E-state index in [-0.39, 0.29) is 18.2 Å². The minimum Gasteiger partial charge on any atom is -0.319 e. The Bertz CT molecular complexity index is 1250. The number of thiophene rings is 1. The summed E-state index contributed by atoms with van der Waals surface area (Å²) >= 11 is 1.58. The molecule has 3 amide bonds. The third kappa shape index (κ3) is 3.24. The zero-order chi connectivity index (χ0) is 22.7. The second-order valence-corrected chi connectivity index (χ2v) is 11.5. The van der Waals surface area contributed by atoms with Crippen molar-refractivity contribution in [2.45, 2.75) is 37.6 Å². The standard InChI is InChI=1S/C22H23N3O5S2/c1-32(29,30)25-10-3-4-14-12-15(6-7-17(14)25)18(26)13-24-20(27)22(23-21(24)28)9-2-5-19-16(22)8-11-31-19/h6-8,11-12H,2-5,9-10,13H2,1H3,(H,23,28)/t22-/m0/s1. The summed E-state index contributed by atoms with van der Waals surface area (Å²) < 4.78 is 25.5. The molecule has 168 valence electrons. The van der Waals surface area contributed by atoms with Crippen molar-refractivity contribution in [2.75, 3.05) is 23.7 Å². The molecular weight excluding hydrogens is 450 g/mol. The second kappa shape index (κ2) is 7.41. The molecule has 0 bridgehead atoms. The molecule has 0 saturated carbocycles. The van der Waals surface area contributed by atoms with Crippen LogP contribution in [0.1, 0.15) is 45.6 Å². The molecular formula is C22H23N3O5S2. The van der Waals surface area contributed by atoms with Crippen molar-refractivity contribution in [3.05, 3.63) is 51.2 Å². The lowest BCUT2D eigenvalue weighted by Crippen LogP contribution is -2.46. The summed E-state index contributed by atoms with van der Waals surface area (Å²) in [5.74, 6) is -0.734. The van der Waals surface area contributed by atoms with E-state index in [2.05, 4.69) is 5.32 Å². The van der Waals surface area contributed by atoms with E-state index in [1.165, 1.54) is 10.6 Å². The number of sulfonamides is 1. The number of carbonyl (C=O) groups is 3. The topological polar surface area (TPSA) is 104 Å². The van der Waals surface area contributed by atoms with E-state index in [1.807, 2.05) is 11.4 Å². The first-order valence-electron chi connectivity index (χ1n) is 10.6. The molecule has 1 aromatic heterocycles. The Morgan fingerprint density at radius 1 is 1.19 bits per heavy atom. The predicted octanol–water partition coefficient (Wildman–Crippen LogP) is 2.43. The molecule has 3 heterocycles. The molecule has 2 aliphatic heterocycles. The van der Waals surface area contributed by atoms with E-state index in [0.29, 0.717) is 37.1 Å². The number of nitrogens with zero attached hydrogens (tertiary/aromatic N) is 2. The van der Waals surface area contributed by atoms with Gasteiger partial charge in [0.05, 0.1) is 18.5 Å². The summed E-state index contributed by atoms with van der Waals surface area (Å²) in [5.41, 5.74) is 1.49. The Hall–Kier alpha value is -2.72. The van der Waals surface area contributed by atoms with E-state index >= 15 is 0 Å². The Morgan fingerprint density at radius 2 is 2.00 bits per heavy atom. The van der Waals surface area contributed by atoms with Crippen LogP contribution in [-0.2, 0) is 33.2 Å². The number of rotatable bonds is 4. The summed E-state index contributed by atoms with van der Waals surface area (Å²) in [6, 6.07) is 6.22. The molecule has 2 aromatic rings. The average Bonchev–Trinajstić information content (AvgIpc) is 3.33. The fraction of sp³-hybridized carbons (Fsp3) is 0.409. The van der Waals surface area contributed by atoms with Crippen molar-refractivity contribution in [3.8, 4) is 0 Å². The van der Waals surface area contributed by atoms with Crippen LogP contribution in [-0.4, -0.2) is 50.4 Å². The van der Waals surface area contributed by atoms with Crippen LogP contribution in [0.3, 0.4) is 0 Å². The molecule has 0 radical (unpaired) electrons. The number of ketones is 1. The molecule has 1 N–H and O–H groups in total. The average molecular weight is 474 g/mol. The number of amides is 3. The SMILES string of the molecule is CS(=O)(=O)N1CCCc2cc(C(=O)CN3C(=O)N[C@]4(CCCc5sccc54)C3=O)ccc21. The zero-order valence-corrected chi connectivity index (χ0v) is 19.2. The summed E-state index contributed by atoms with van der Waals surface area (Å²) in [7, 11) is -3.40. The quantitative estimate of drug-likeness (QED) is 0.543. The molecule has 1 aliphatic carbocycles. The molecule has 3 aliphatic rings. The smallest absolute Gasteiger partial charge is 0.319 e. The fourth-order valence-electron chi connectivity index (χ4n) is 5.00. The minimum atomic E-state index is -3.40. The molecule has 32 heavy (non-hydrogen) atoms. The van der Waals surface area contributed by atoms with E-state index < -0.39 is 21.6 Å². The van der Waals surface area contributed by atoms with Crippen molar-refractivity contribution >= 4 is 44.8 Å². The molecule has 1 saturated heterocycles. The van der Waals surface area contributed by atoms with Crippen LogP contribution in [0.15, 0.2) is 29.6 Å². The maximum atomic E-state index is 13.3. The molecule has 8 nitrogen and oxygen atoms in total. The second-order valence-electron chi connectivity index (χ2n) is 8.54. The first kappa shape index (κ1) is 21.1. The van der Waals surface area contributed by atoms with Crippen molar-refractivity contribution in [2.24, 2.45) is 0 Å². The molecule has 1 aromatic carbocycles. The number of imide groups is 1. The van der Waals surface area contributed by atoms with Crippen LogP contribution in [0, 0.1) is 0 Å². The van der Waals surface area contributed by atoms with Crippen LogP contribution >= 0.6 is 11.3 Å². The highest BCUT2D eigenvalue weighted by atomic mass is 32.2. The number of hydrogen-bond donors (Lipinski definition) is 1. The maximum Gasteiger partial charge on any atom is 0.325 e. The number of urea groups is 1. The molecule has 1 atom stereocenters. The summed E-state index contributed by atoms with van der Waals surface area (Å²) in [6.45, 7) is 0.0642. The number of nitrogens with one attached hydrogen (secondary N) is 1. The largest absolute Gasteiger partial charge is 0.325 e. The molecule has 5 rings (SSSR count). The van der Waals surface area contributed by atoms with E-state index in [0.717, 1.165) is 33.7 Å². The van der Waals surface area contributed by atoms with Gasteiger partial charge < -0.3 is 5.32 Å². The third-order valence-corrected chi connectivity index (χ3v) is 8.68. The third-order valence-electron chi connectivity index (χ3n) is 6.52. The number of hydrogen-bond acceptors (Lipinski definition) is 6. The lowest BCUT2D eigenvalue weighted by atomic mass is 9.80. The van der Waals surface area contributed by atoms with Crippen molar-refractivity contribution < 1.29 is 22.8 Å². The number of benzene rings is 1. The predicted molar refractivity (Wildman–Crippen MR) is 120 cm³/mol. The van der Waals surface area contributed by atoms with Gasteiger partial charge in [-0.05, 0) is 67.3 Å². The molecule has 1 spiro atoms. The number of anilines is 1. The van der Waals surface area contributed by atoms with Gasteiger partial charge in [-0.2, -0.15) is 0 Å². The lowest BCUT2D eigenvalue weighted by molar-refractivity contribution is -0.131. The minimum absolute atomic E-state index is 0.347. The molecule has 10 heteroatoms. The van der Waals surface area contributed by atoms with Gasteiger partial charge in [0.1, 0.15) is 5.54 Å². The van der Waals surface area contributed by atoms with Crippen molar-refractivity contribution in [1.82, 2.24) is 10.2 Å². The fourth-order valence-corrected chi connectivity index (χ4v) is 7.00. The number of fused-ring (bicyclic) bond motifs is 3. The van der Waals surface area contributed by atoms with E-state index in [4.69, 9.17) is 0 Å². The highest BCUT2D eigenvalue weighted by Gasteiger charge is 2.54. The Morgan fingerprint density at radius 3 is 2.78 bits per heavy atom. The monoisotopic (exact) mass is 473 g/mol. The van der Waals surface area contributed by atoms with E-state index in [9.17, 15) is 22.8 Å². The van der Waals surface area contributed by atoms with Crippen molar-refractivity contribution in [1.29, 1.82) is 0 Å².